The SMILES string of the molecule is CN(C)CCC(Cc1ccccc1)OC(CCN(C)C)Cc1ccccc1. The third-order valence-electron chi connectivity index (χ3n) is 4.79. The van der Waals surface area contributed by atoms with Gasteiger partial charge in [0.1, 0.15) is 0 Å². The first-order chi connectivity index (χ1) is 13.0. The van der Waals surface area contributed by atoms with E-state index in [0.717, 1.165) is 38.8 Å². The van der Waals surface area contributed by atoms with Crippen LogP contribution in [-0.4, -0.2) is 63.3 Å². The van der Waals surface area contributed by atoms with Gasteiger partial charge in [-0.2, -0.15) is 0 Å². The third kappa shape index (κ3) is 9.18. The van der Waals surface area contributed by atoms with Crippen LogP contribution in [0.25, 0.3) is 0 Å². The van der Waals surface area contributed by atoms with Crippen molar-refractivity contribution < 1.29 is 4.74 Å². The van der Waals surface area contributed by atoms with Crippen molar-refractivity contribution in [3.63, 3.8) is 0 Å². The second-order valence-electron chi connectivity index (χ2n) is 7.94. The van der Waals surface area contributed by atoms with Crippen molar-refractivity contribution >= 4 is 0 Å². The normalized spacial score (nSPS) is 13.9. The minimum Gasteiger partial charge on any atom is -0.374 e. The van der Waals surface area contributed by atoms with Crippen LogP contribution in [0.5, 0.6) is 0 Å². The number of rotatable bonds is 12. The fourth-order valence-electron chi connectivity index (χ4n) is 3.27. The summed E-state index contributed by atoms with van der Waals surface area (Å²) in [5.74, 6) is 0. The largest absolute Gasteiger partial charge is 0.374 e. The molecule has 0 saturated heterocycles. The zero-order chi connectivity index (χ0) is 19.5. The van der Waals surface area contributed by atoms with E-state index in [1.807, 2.05) is 0 Å². The van der Waals surface area contributed by atoms with E-state index >= 15 is 0 Å². The van der Waals surface area contributed by atoms with Crippen molar-refractivity contribution in [2.24, 2.45) is 0 Å². The molecule has 27 heavy (non-hydrogen) atoms. The minimum atomic E-state index is 0.241. The molecule has 2 aromatic rings. The molecule has 3 nitrogen and oxygen atoms in total. The van der Waals surface area contributed by atoms with Crippen LogP contribution < -0.4 is 0 Å². The Morgan fingerprint density at radius 1 is 0.630 bits per heavy atom. The summed E-state index contributed by atoms with van der Waals surface area (Å²) in [7, 11) is 8.53. The topological polar surface area (TPSA) is 15.7 Å². The lowest BCUT2D eigenvalue weighted by atomic mass is 10.0. The molecule has 0 N–H and O–H groups in total. The molecule has 0 aliphatic rings. The van der Waals surface area contributed by atoms with Gasteiger partial charge in [0.05, 0.1) is 12.2 Å². The summed E-state index contributed by atoms with van der Waals surface area (Å²) in [6.07, 6.45) is 4.53. The average Bonchev–Trinajstić information content (AvgIpc) is 2.65. The summed E-state index contributed by atoms with van der Waals surface area (Å²) in [6, 6.07) is 21.4. The van der Waals surface area contributed by atoms with Gasteiger partial charge in [0, 0.05) is 0 Å². The Bertz CT molecular complexity index is 557. The highest BCUT2D eigenvalue weighted by Crippen LogP contribution is 2.17. The van der Waals surface area contributed by atoms with Gasteiger partial charge in [-0.15, -0.1) is 0 Å². The van der Waals surface area contributed by atoms with Crippen molar-refractivity contribution in [3.05, 3.63) is 71.8 Å². The number of hydrogen-bond donors (Lipinski definition) is 0. The molecule has 0 aliphatic carbocycles. The Hall–Kier alpha value is -1.68. The molecular formula is C24H36N2O. The van der Waals surface area contributed by atoms with E-state index in [2.05, 4.69) is 98.7 Å². The van der Waals surface area contributed by atoms with Crippen LogP contribution in [0.2, 0.25) is 0 Å². The molecule has 2 aromatic carbocycles. The quantitative estimate of drug-likeness (QED) is 0.560. The molecule has 0 radical (unpaired) electrons. The third-order valence-corrected chi connectivity index (χ3v) is 4.79. The average molecular weight is 369 g/mol. The van der Waals surface area contributed by atoms with Gasteiger partial charge in [0.2, 0.25) is 0 Å². The van der Waals surface area contributed by atoms with E-state index in [1.54, 1.807) is 0 Å². The molecule has 2 rings (SSSR count). The summed E-state index contributed by atoms with van der Waals surface area (Å²) in [4.78, 5) is 4.49. The molecule has 0 bridgehead atoms. The van der Waals surface area contributed by atoms with E-state index in [4.69, 9.17) is 4.74 Å². The van der Waals surface area contributed by atoms with Crippen LogP contribution in [-0.2, 0) is 17.6 Å². The number of benzene rings is 2. The minimum absolute atomic E-state index is 0.241. The van der Waals surface area contributed by atoms with Gasteiger partial charge < -0.3 is 14.5 Å². The van der Waals surface area contributed by atoms with Gasteiger partial charge in [0.15, 0.2) is 0 Å². The fourth-order valence-corrected chi connectivity index (χ4v) is 3.27. The molecule has 0 aliphatic heterocycles. The second-order valence-corrected chi connectivity index (χ2v) is 7.94. The van der Waals surface area contributed by atoms with E-state index in [1.165, 1.54) is 11.1 Å². The Morgan fingerprint density at radius 3 is 1.33 bits per heavy atom. The monoisotopic (exact) mass is 368 g/mol. The van der Waals surface area contributed by atoms with Crippen molar-refractivity contribution in [1.82, 2.24) is 9.80 Å². The smallest absolute Gasteiger partial charge is 0.0631 e. The molecule has 2 unspecified atom stereocenters. The zero-order valence-corrected chi connectivity index (χ0v) is 17.5. The van der Waals surface area contributed by atoms with Crippen molar-refractivity contribution in [1.29, 1.82) is 0 Å². The van der Waals surface area contributed by atoms with Crippen LogP contribution in [0.1, 0.15) is 24.0 Å². The summed E-state index contributed by atoms with van der Waals surface area (Å²) in [5.41, 5.74) is 2.71. The standard InChI is InChI=1S/C24H36N2O/c1-25(2)17-15-23(19-21-11-7-5-8-12-21)27-24(16-18-26(3)4)20-22-13-9-6-10-14-22/h5-14,23-24H,15-20H2,1-4H3. The maximum absolute atomic E-state index is 6.71. The van der Waals surface area contributed by atoms with Gasteiger partial charge in [0.25, 0.3) is 0 Å². The van der Waals surface area contributed by atoms with Crippen LogP contribution >= 0.6 is 0 Å². The predicted molar refractivity (Wildman–Crippen MR) is 115 cm³/mol. The first kappa shape index (κ1) is 21.6. The van der Waals surface area contributed by atoms with Crippen molar-refractivity contribution in [2.75, 3.05) is 41.3 Å². The zero-order valence-electron chi connectivity index (χ0n) is 17.5. The molecule has 0 fully saturated rings. The van der Waals surface area contributed by atoms with Crippen molar-refractivity contribution in [2.45, 2.75) is 37.9 Å². The summed E-state index contributed by atoms with van der Waals surface area (Å²) in [5, 5.41) is 0. The lowest BCUT2D eigenvalue weighted by molar-refractivity contribution is -0.0243. The predicted octanol–water partition coefficient (Wildman–Crippen LogP) is 4.13. The molecule has 3 heteroatoms. The molecule has 0 amide bonds. The molecule has 0 aromatic heterocycles. The van der Waals surface area contributed by atoms with Crippen LogP contribution in [0.3, 0.4) is 0 Å². The lowest BCUT2D eigenvalue weighted by Crippen LogP contribution is -2.31. The van der Waals surface area contributed by atoms with Gasteiger partial charge in [-0.1, -0.05) is 60.7 Å². The maximum atomic E-state index is 6.71. The number of ether oxygens (including phenoxy) is 1. The van der Waals surface area contributed by atoms with Crippen LogP contribution in [0.4, 0.5) is 0 Å². The molecule has 0 spiro atoms. The van der Waals surface area contributed by atoms with Crippen molar-refractivity contribution in [3.8, 4) is 0 Å². The summed E-state index contributed by atoms with van der Waals surface area (Å²) in [6.45, 7) is 2.09. The molecular weight excluding hydrogens is 332 g/mol. The molecule has 148 valence electrons. The second kappa shape index (κ2) is 11.9. The van der Waals surface area contributed by atoms with E-state index in [0.29, 0.717) is 0 Å². The fraction of sp³-hybridized carbons (Fsp3) is 0.500. The van der Waals surface area contributed by atoms with Gasteiger partial charge in [-0.05, 0) is 78.1 Å². The first-order valence-corrected chi connectivity index (χ1v) is 10.1. The molecule has 2 atom stereocenters. The summed E-state index contributed by atoms with van der Waals surface area (Å²) >= 11 is 0. The number of hydrogen-bond acceptors (Lipinski definition) is 3. The first-order valence-electron chi connectivity index (χ1n) is 10.1. The Labute approximate surface area is 166 Å². The Balaban J connectivity index is 2.06. The number of nitrogens with zero attached hydrogens (tertiary/aromatic N) is 2. The van der Waals surface area contributed by atoms with E-state index in [-0.39, 0.29) is 12.2 Å². The molecule has 0 saturated carbocycles. The highest BCUT2D eigenvalue weighted by atomic mass is 16.5. The van der Waals surface area contributed by atoms with Gasteiger partial charge >= 0.3 is 0 Å². The van der Waals surface area contributed by atoms with Crippen LogP contribution in [0, 0.1) is 0 Å². The van der Waals surface area contributed by atoms with E-state index in [9.17, 15) is 0 Å². The highest BCUT2D eigenvalue weighted by Gasteiger charge is 2.18. The summed E-state index contributed by atoms with van der Waals surface area (Å²) < 4.78 is 6.71. The lowest BCUT2D eigenvalue weighted by Gasteiger charge is -2.27. The Morgan fingerprint density at radius 2 is 1.00 bits per heavy atom. The van der Waals surface area contributed by atoms with E-state index < -0.39 is 0 Å². The highest BCUT2D eigenvalue weighted by molar-refractivity contribution is 5.16. The molecule has 0 heterocycles. The maximum Gasteiger partial charge on any atom is 0.0631 e. The Kier molecular flexibility index (Phi) is 9.54. The van der Waals surface area contributed by atoms with Gasteiger partial charge in [-0.25, -0.2) is 0 Å². The van der Waals surface area contributed by atoms with Gasteiger partial charge in [-0.3, -0.25) is 0 Å². The van der Waals surface area contributed by atoms with Crippen LogP contribution in [0.15, 0.2) is 60.7 Å².